The monoisotopic (exact) mass is 152 g/mol. The first-order valence-corrected chi connectivity index (χ1v) is 2.48. The molecule has 2 unspecified atom stereocenters. The number of carbonyl (C=O) groups is 1. The molecule has 0 rings (SSSR count). The van der Waals surface area contributed by atoms with Gasteiger partial charge in [0.1, 0.15) is 6.04 Å². The molecule has 62 valence electrons. The first-order valence-electron chi connectivity index (χ1n) is 2.48. The van der Waals surface area contributed by atoms with Crippen LogP contribution < -0.4 is 11.6 Å². The van der Waals surface area contributed by atoms with Crippen molar-refractivity contribution in [2.75, 3.05) is 0 Å². The Hall–Kier alpha value is -0.690. The van der Waals surface area contributed by atoms with E-state index in [2.05, 4.69) is 5.90 Å². The summed E-state index contributed by atoms with van der Waals surface area (Å²) in [7, 11) is 0. The summed E-state index contributed by atoms with van der Waals surface area (Å²) in [5.74, 6) is 2.32. The molecule has 10 heavy (non-hydrogen) atoms. The third-order valence-electron chi connectivity index (χ3n) is 0.805. The molecule has 0 heterocycles. The number of carboxylic acids is 1. The minimum Gasteiger partial charge on any atom is -0.480 e. The van der Waals surface area contributed by atoms with Crippen LogP contribution in [-0.4, -0.2) is 33.5 Å². The molecule has 0 aliphatic carbocycles. The van der Waals surface area contributed by atoms with Gasteiger partial charge in [0.15, 0.2) is 0 Å². The van der Waals surface area contributed by atoms with Crippen LogP contribution in [0.5, 0.6) is 0 Å². The summed E-state index contributed by atoms with van der Waals surface area (Å²) in [5.41, 5.74) is 4.91. The lowest BCUT2D eigenvalue weighted by Gasteiger charge is -2.06. The second-order valence-corrected chi connectivity index (χ2v) is 1.60. The molecular formula is C4H12N2O4. The molecule has 0 aromatic carbocycles. The maximum absolute atomic E-state index is 9.86. The highest BCUT2D eigenvalue weighted by Gasteiger charge is 2.16. The maximum Gasteiger partial charge on any atom is 0.323 e. The van der Waals surface area contributed by atoms with Crippen LogP contribution in [0.15, 0.2) is 0 Å². The summed E-state index contributed by atoms with van der Waals surface area (Å²) in [6.07, 6.45) is -0.979. The summed E-state index contributed by atoms with van der Waals surface area (Å²) in [6.45, 7) is 1.33. The number of nitrogens with two attached hydrogens (primary N) is 2. The Morgan fingerprint density at radius 3 is 1.80 bits per heavy atom. The molecule has 6 heteroatoms. The van der Waals surface area contributed by atoms with Crippen molar-refractivity contribution < 1.29 is 20.2 Å². The van der Waals surface area contributed by atoms with E-state index >= 15 is 0 Å². The van der Waals surface area contributed by atoms with E-state index in [4.69, 9.17) is 21.2 Å². The smallest absolute Gasteiger partial charge is 0.323 e. The number of aliphatic hydroxyl groups excluding tert-OH is 1. The van der Waals surface area contributed by atoms with Gasteiger partial charge in [0, 0.05) is 0 Å². The zero-order valence-corrected chi connectivity index (χ0v) is 5.56. The zero-order valence-electron chi connectivity index (χ0n) is 5.56. The van der Waals surface area contributed by atoms with Crippen LogP contribution in [0.4, 0.5) is 0 Å². The minimum absolute atomic E-state index is 0.979. The average Bonchev–Trinajstić information content (AvgIpc) is 1.90. The van der Waals surface area contributed by atoms with Crippen LogP contribution in [0.2, 0.25) is 0 Å². The van der Waals surface area contributed by atoms with Crippen LogP contribution in [0.25, 0.3) is 0 Å². The fourth-order valence-corrected chi connectivity index (χ4v) is 0.206. The van der Waals surface area contributed by atoms with E-state index in [9.17, 15) is 4.79 Å². The maximum atomic E-state index is 9.86. The van der Waals surface area contributed by atoms with Gasteiger partial charge in [0.25, 0.3) is 0 Å². The molecule has 0 radical (unpaired) electrons. The van der Waals surface area contributed by atoms with E-state index in [1.807, 2.05) is 0 Å². The van der Waals surface area contributed by atoms with Crippen molar-refractivity contribution in [3.8, 4) is 0 Å². The van der Waals surface area contributed by atoms with Crippen molar-refractivity contribution in [1.29, 1.82) is 0 Å². The number of carboxylic acid groups (broad SMARTS) is 1. The highest BCUT2D eigenvalue weighted by Crippen LogP contribution is 1.85. The topological polar surface area (TPSA) is 130 Å². The van der Waals surface area contributed by atoms with Gasteiger partial charge in [-0.2, -0.15) is 0 Å². The van der Waals surface area contributed by atoms with Gasteiger partial charge in [0.05, 0.1) is 6.10 Å². The average molecular weight is 152 g/mol. The zero-order chi connectivity index (χ0) is 8.73. The van der Waals surface area contributed by atoms with Crippen molar-refractivity contribution in [3.63, 3.8) is 0 Å². The molecule has 0 saturated heterocycles. The molecule has 7 N–H and O–H groups in total. The first-order chi connectivity index (χ1) is 4.55. The molecule has 0 spiro atoms. The standard InChI is InChI=1S/C4H9NO3.H3NO/c1-2(6)3(5)4(7)8;1-2/h2-3,6H,5H2,1H3,(H,7,8);2H,1H2. The Bertz CT molecular complexity index is 95.3. The lowest BCUT2D eigenvalue weighted by atomic mass is 10.2. The Morgan fingerprint density at radius 1 is 1.50 bits per heavy atom. The highest BCUT2D eigenvalue weighted by molar-refractivity contribution is 5.73. The number of hydrogen-bond acceptors (Lipinski definition) is 5. The van der Waals surface area contributed by atoms with Crippen molar-refractivity contribution >= 4 is 5.97 Å². The second kappa shape index (κ2) is 6.43. The summed E-state index contributed by atoms with van der Waals surface area (Å²) in [6, 6.07) is -1.16. The van der Waals surface area contributed by atoms with Crippen LogP contribution >= 0.6 is 0 Å². The fraction of sp³-hybridized carbons (Fsp3) is 0.750. The number of aliphatic carboxylic acids is 1. The number of aliphatic hydroxyl groups is 1. The van der Waals surface area contributed by atoms with E-state index in [-0.39, 0.29) is 0 Å². The molecule has 0 aromatic rings. The van der Waals surface area contributed by atoms with E-state index < -0.39 is 18.1 Å². The molecule has 0 aliphatic heterocycles. The lowest BCUT2D eigenvalue weighted by Crippen LogP contribution is -2.39. The Kier molecular flexibility index (Phi) is 7.74. The van der Waals surface area contributed by atoms with Gasteiger partial charge in [0.2, 0.25) is 0 Å². The predicted octanol–water partition coefficient (Wildman–Crippen LogP) is -1.89. The first kappa shape index (κ1) is 12.0. The predicted molar refractivity (Wildman–Crippen MR) is 33.3 cm³/mol. The molecular weight excluding hydrogens is 140 g/mol. The van der Waals surface area contributed by atoms with E-state index in [1.165, 1.54) is 6.92 Å². The molecule has 0 bridgehead atoms. The SMILES string of the molecule is CC(O)C(N)C(=O)O.NO. The molecule has 0 fully saturated rings. The largest absolute Gasteiger partial charge is 0.480 e. The van der Waals surface area contributed by atoms with Crippen LogP contribution in [-0.2, 0) is 4.79 Å². The molecule has 2 atom stereocenters. The summed E-state index contributed by atoms with van der Waals surface area (Å²) in [5, 5.41) is 23.1. The van der Waals surface area contributed by atoms with E-state index in [0.29, 0.717) is 0 Å². The summed E-state index contributed by atoms with van der Waals surface area (Å²) in [4.78, 5) is 9.86. The quantitative estimate of drug-likeness (QED) is 0.294. The summed E-state index contributed by atoms with van der Waals surface area (Å²) >= 11 is 0. The van der Waals surface area contributed by atoms with Gasteiger partial charge < -0.3 is 21.2 Å². The Morgan fingerprint density at radius 2 is 1.80 bits per heavy atom. The van der Waals surface area contributed by atoms with Crippen LogP contribution in [0, 0.1) is 0 Å². The number of rotatable bonds is 2. The van der Waals surface area contributed by atoms with Gasteiger partial charge in [-0.05, 0) is 6.92 Å². The molecule has 0 saturated carbocycles. The van der Waals surface area contributed by atoms with Crippen molar-refractivity contribution in [3.05, 3.63) is 0 Å². The molecule has 0 amide bonds. The van der Waals surface area contributed by atoms with Gasteiger partial charge in [-0.25, -0.2) is 5.90 Å². The lowest BCUT2D eigenvalue weighted by molar-refractivity contribution is -0.140. The van der Waals surface area contributed by atoms with Gasteiger partial charge in [-0.15, -0.1) is 0 Å². The van der Waals surface area contributed by atoms with E-state index in [0.717, 1.165) is 0 Å². The number of hydrogen-bond donors (Lipinski definition) is 5. The Balaban J connectivity index is 0. The fourth-order valence-electron chi connectivity index (χ4n) is 0.206. The normalized spacial score (nSPS) is 14.5. The van der Waals surface area contributed by atoms with Gasteiger partial charge in [-0.3, -0.25) is 4.79 Å². The van der Waals surface area contributed by atoms with E-state index in [1.54, 1.807) is 0 Å². The van der Waals surface area contributed by atoms with Crippen molar-refractivity contribution in [2.45, 2.75) is 19.1 Å². The molecule has 0 aliphatic rings. The molecule has 0 aromatic heterocycles. The third kappa shape index (κ3) is 5.45. The minimum atomic E-state index is -1.18. The van der Waals surface area contributed by atoms with Crippen LogP contribution in [0.1, 0.15) is 6.92 Å². The Labute approximate surface area is 58.0 Å². The second-order valence-electron chi connectivity index (χ2n) is 1.60. The van der Waals surface area contributed by atoms with Crippen molar-refractivity contribution in [1.82, 2.24) is 0 Å². The van der Waals surface area contributed by atoms with Gasteiger partial charge >= 0.3 is 5.97 Å². The molecule has 6 nitrogen and oxygen atoms in total. The highest BCUT2D eigenvalue weighted by atomic mass is 16.4. The van der Waals surface area contributed by atoms with Crippen molar-refractivity contribution in [2.24, 2.45) is 11.6 Å². The van der Waals surface area contributed by atoms with Gasteiger partial charge in [-0.1, -0.05) is 0 Å². The van der Waals surface area contributed by atoms with Crippen LogP contribution in [0.3, 0.4) is 0 Å². The third-order valence-corrected chi connectivity index (χ3v) is 0.805. The summed E-state index contributed by atoms with van der Waals surface area (Å²) < 4.78 is 0.